The summed E-state index contributed by atoms with van der Waals surface area (Å²) in [6.45, 7) is 3.48. The molecule has 0 unspecified atom stereocenters. The zero-order valence-electron chi connectivity index (χ0n) is 18.9. The number of carbonyl (C=O) groups is 1. The number of methoxy groups -OCH3 is 2. The second kappa shape index (κ2) is 11.4. The maximum Gasteiger partial charge on any atom is 0.248 e. The second-order valence-electron chi connectivity index (χ2n) is 7.15. The van der Waals surface area contributed by atoms with Gasteiger partial charge in [0.2, 0.25) is 5.91 Å². The zero-order valence-corrected chi connectivity index (χ0v) is 20.6. The zero-order chi connectivity index (χ0) is 23.8. The van der Waals surface area contributed by atoms with Crippen LogP contribution in [0.15, 0.2) is 52.4 Å². The van der Waals surface area contributed by atoms with Crippen LogP contribution in [-0.4, -0.2) is 52.1 Å². The molecule has 0 fully saturated rings. The Balaban J connectivity index is 1.83. The number of thiazole rings is 1. The van der Waals surface area contributed by atoms with Crippen molar-refractivity contribution in [2.45, 2.75) is 31.2 Å². The molecule has 3 rings (SSSR count). The first-order chi connectivity index (χ1) is 15.9. The first-order valence-electron chi connectivity index (χ1n) is 10.6. The maximum absolute atomic E-state index is 12.6. The number of carbonyl (C=O) groups excluding carboxylic acids is 1. The molecule has 0 saturated heterocycles. The molecule has 0 spiro atoms. The lowest BCUT2D eigenvalue weighted by atomic mass is 10.3. The largest absolute Gasteiger partial charge is 0.493 e. The Kier molecular flexibility index (Phi) is 8.65. The van der Waals surface area contributed by atoms with Gasteiger partial charge in [0.15, 0.2) is 26.1 Å². The predicted molar refractivity (Wildman–Crippen MR) is 128 cm³/mol. The number of benzene rings is 2. The summed E-state index contributed by atoms with van der Waals surface area (Å²) in [5.74, 6) is 0.696. The molecule has 1 heterocycles. The summed E-state index contributed by atoms with van der Waals surface area (Å²) in [6.07, 6.45) is 0.240. The van der Waals surface area contributed by atoms with E-state index in [0.29, 0.717) is 36.1 Å². The molecule has 0 bridgehead atoms. The highest BCUT2D eigenvalue weighted by Crippen LogP contribution is 2.33. The fraction of sp³-hybridized carbons (Fsp3) is 0.391. The van der Waals surface area contributed by atoms with Gasteiger partial charge in [-0.15, -0.1) is 0 Å². The van der Waals surface area contributed by atoms with Gasteiger partial charge in [0, 0.05) is 31.7 Å². The van der Waals surface area contributed by atoms with E-state index in [1.165, 1.54) is 11.3 Å². The molecule has 3 aromatic rings. The van der Waals surface area contributed by atoms with Crippen LogP contribution < -0.4 is 14.3 Å². The van der Waals surface area contributed by atoms with E-state index in [9.17, 15) is 13.2 Å². The minimum Gasteiger partial charge on any atom is -0.493 e. The summed E-state index contributed by atoms with van der Waals surface area (Å²) in [6, 6.07) is 11.9. The Morgan fingerprint density at radius 3 is 2.45 bits per heavy atom. The van der Waals surface area contributed by atoms with Crippen LogP contribution in [0.1, 0.15) is 19.8 Å². The molecule has 2 aromatic carbocycles. The molecule has 8 nitrogen and oxygen atoms in total. The number of hydrogen-bond donors (Lipinski definition) is 0. The molecule has 0 radical (unpaired) electrons. The normalized spacial score (nSPS) is 12.3. The molecule has 1 aromatic heterocycles. The molecule has 1 amide bonds. The van der Waals surface area contributed by atoms with Crippen molar-refractivity contribution in [1.29, 1.82) is 0 Å². The number of amides is 1. The van der Waals surface area contributed by atoms with Crippen molar-refractivity contribution in [3.8, 4) is 11.5 Å². The van der Waals surface area contributed by atoms with Crippen molar-refractivity contribution < 1.29 is 27.4 Å². The van der Waals surface area contributed by atoms with Crippen LogP contribution in [0.3, 0.4) is 0 Å². The Morgan fingerprint density at radius 2 is 1.79 bits per heavy atom. The minimum atomic E-state index is -3.43. The van der Waals surface area contributed by atoms with E-state index in [0.717, 1.165) is 10.2 Å². The van der Waals surface area contributed by atoms with Gasteiger partial charge in [-0.05, 0) is 25.5 Å². The van der Waals surface area contributed by atoms with E-state index < -0.39 is 9.84 Å². The lowest BCUT2D eigenvalue weighted by Gasteiger charge is -2.09. The van der Waals surface area contributed by atoms with Crippen LogP contribution >= 0.6 is 11.3 Å². The third kappa shape index (κ3) is 6.21. The third-order valence-corrected chi connectivity index (χ3v) is 7.84. The molecular weight excluding hydrogens is 464 g/mol. The number of nitrogens with zero attached hydrogens (tertiary/aromatic N) is 2. The van der Waals surface area contributed by atoms with E-state index in [4.69, 9.17) is 14.2 Å². The van der Waals surface area contributed by atoms with Crippen molar-refractivity contribution in [3.05, 3.63) is 47.3 Å². The highest BCUT2D eigenvalue weighted by Gasteiger charge is 2.16. The molecule has 0 atom stereocenters. The second-order valence-corrected chi connectivity index (χ2v) is 10.3. The average Bonchev–Trinajstić information content (AvgIpc) is 3.14. The highest BCUT2D eigenvalue weighted by molar-refractivity contribution is 7.91. The van der Waals surface area contributed by atoms with Gasteiger partial charge in [0.25, 0.3) is 0 Å². The molecule has 0 saturated carbocycles. The molecule has 0 aliphatic rings. The van der Waals surface area contributed by atoms with Gasteiger partial charge in [-0.1, -0.05) is 29.5 Å². The van der Waals surface area contributed by atoms with E-state index >= 15 is 0 Å². The fourth-order valence-electron chi connectivity index (χ4n) is 3.32. The van der Waals surface area contributed by atoms with Gasteiger partial charge < -0.3 is 18.8 Å². The number of rotatable bonds is 11. The van der Waals surface area contributed by atoms with Crippen molar-refractivity contribution in [2.75, 3.05) is 33.2 Å². The van der Waals surface area contributed by atoms with Crippen LogP contribution in [0, 0.1) is 0 Å². The lowest BCUT2D eigenvalue weighted by molar-refractivity contribution is -0.118. The first kappa shape index (κ1) is 24.9. The van der Waals surface area contributed by atoms with Crippen molar-refractivity contribution in [3.63, 3.8) is 0 Å². The first-order valence-corrected chi connectivity index (χ1v) is 13.0. The third-order valence-electron chi connectivity index (χ3n) is 4.98. The van der Waals surface area contributed by atoms with Crippen LogP contribution in [-0.2, 0) is 25.9 Å². The summed E-state index contributed by atoms with van der Waals surface area (Å²) in [5.41, 5.74) is 0.857. The number of sulfone groups is 1. The number of fused-ring (bicyclic) bond motifs is 1. The van der Waals surface area contributed by atoms with E-state index in [-0.39, 0.29) is 29.4 Å². The van der Waals surface area contributed by atoms with Crippen molar-refractivity contribution in [2.24, 2.45) is 4.99 Å². The van der Waals surface area contributed by atoms with Crippen LogP contribution in [0.25, 0.3) is 10.2 Å². The Morgan fingerprint density at radius 1 is 1.09 bits per heavy atom. The SMILES string of the molecule is CCOCCn1c(=NC(=O)CCCS(=O)(=O)c2ccccc2)sc2cc(OC)c(OC)cc21. The van der Waals surface area contributed by atoms with Crippen LogP contribution in [0.5, 0.6) is 11.5 Å². The summed E-state index contributed by atoms with van der Waals surface area (Å²) >= 11 is 1.36. The monoisotopic (exact) mass is 492 g/mol. The highest BCUT2D eigenvalue weighted by atomic mass is 32.2. The van der Waals surface area contributed by atoms with E-state index in [1.54, 1.807) is 44.6 Å². The minimum absolute atomic E-state index is 0.0401. The molecule has 0 N–H and O–H groups in total. The smallest absolute Gasteiger partial charge is 0.248 e. The van der Waals surface area contributed by atoms with Crippen molar-refractivity contribution in [1.82, 2.24) is 4.57 Å². The number of hydrogen-bond acceptors (Lipinski definition) is 7. The van der Waals surface area contributed by atoms with Gasteiger partial charge in [-0.25, -0.2) is 8.42 Å². The molecule has 10 heteroatoms. The van der Waals surface area contributed by atoms with E-state index in [2.05, 4.69) is 4.99 Å². The van der Waals surface area contributed by atoms with Crippen molar-refractivity contribution >= 4 is 37.3 Å². The molecule has 33 heavy (non-hydrogen) atoms. The number of ether oxygens (including phenoxy) is 3. The Bertz CT molecular complexity index is 1260. The standard InChI is InChI=1S/C23H28N2O6S2/c1-4-31-13-12-25-18-15-19(29-2)20(30-3)16-21(18)32-23(25)24-22(26)11-8-14-33(27,28)17-9-6-5-7-10-17/h5-7,9-10,15-16H,4,8,11-14H2,1-3H3. The summed E-state index contributed by atoms with van der Waals surface area (Å²) in [5, 5.41) is 0. The van der Waals surface area contributed by atoms with Gasteiger partial charge >= 0.3 is 0 Å². The Labute approximate surface area is 197 Å². The Hall–Kier alpha value is -2.69. The van der Waals surface area contributed by atoms with Crippen LogP contribution in [0.4, 0.5) is 0 Å². The van der Waals surface area contributed by atoms with Gasteiger partial charge in [0.05, 0.1) is 41.7 Å². The van der Waals surface area contributed by atoms with Gasteiger partial charge in [0.1, 0.15) is 0 Å². The summed E-state index contributed by atoms with van der Waals surface area (Å²) in [7, 11) is -0.292. The predicted octanol–water partition coefficient (Wildman–Crippen LogP) is 3.44. The number of aromatic nitrogens is 1. The van der Waals surface area contributed by atoms with Gasteiger partial charge in [-0.3, -0.25) is 4.79 Å². The topological polar surface area (TPSA) is 96.2 Å². The lowest BCUT2D eigenvalue weighted by Crippen LogP contribution is -2.20. The van der Waals surface area contributed by atoms with E-state index in [1.807, 2.05) is 23.6 Å². The average molecular weight is 493 g/mol. The maximum atomic E-state index is 12.6. The molecule has 178 valence electrons. The quantitative estimate of drug-likeness (QED) is 0.381. The van der Waals surface area contributed by atoms with Gasteiger partial charge in [-0.2, -0.15) is 4.99 Å². The molecule has 0 aliphatic carbocycles. The summed E-state index contributed by atoms with van der Waals surface area (Å²) in [4.78, 5) is 17.7. The summed E-state index contributed by atoms with van der Waals surface area (Å²) < 4.78 is 44.0. The van der Waals surface area contributed by atoms with Crippen LogP contribution in [0.2, 0.25) is 0 Å². The fourth-order valence-corrected chi connectivity index (χ4v) is 5.74. The molecule has 0 aliphatic heterocycles. The molecular formula is C23H28N2O6S2.